The van der Waals surface area contributed by atoms with Gasteiger partial charge in [-0.15, -0.1) is 0 Å². The zero-order valence-electron chi connectivity index (χ0n) is 18.0. The highest BCUT2D eigenvalue weighted by atomic mass is 16.6. The fourth-order valence-corrected chi connectivity index (χ4v) is 3.87. The second kappa shape index (κ2) is 8.92. The van der Waals surface area contributed by atoms with Crippen molar-refractivity contribution in [3.63, 3.8) is 0 Å². The Morgan fingerprint density at radius 2 is 0.909 bits per heavy atom. The van der Waals surface area contributed by atoms with Crippen LogP contribution in [0.25, 0.3) is 22.3 Å². The van der Waals surface area contributed by atoms with E-state index in [9.17, 15) is 20.2 Å². The number of benzene rings is 4. The van der Waals surface area contributed by atoms with Crippen molar-refractivity contribution in [1.29, 1.82) is 0 Å². The first-order valence-electron chi connectivity index (χ1n) is 10.2. The second-order valence-electron chi connectivity index (χ2n) is 7.51. The van der Waals surface area contributed by atoms with Crippen molar-refractivity contribution in [3.8, 4) is 33.8 Å². The Labute approximate surface area is 190 Å². The summed E-state index contributed by atoms with van der Waals surface area (Å²) in [6.07, 6.45) is 0. The van der Waals surface area contributed by atoms with Crippen LogP contribution in [0.4, 0.5) is 11.4 Å². The van der Waals surface area contributed by atoms with E-state index >= 15 is 0 Å². The lowest BCUT2D eigenvalue weighted by Crippen LogP contribution is -1.97. The molecule has 0 unspecified atom stereocenters. The third-order valence-corrected chi connectivity index (χ3v) is 5.57. The van der Waals surface area contributed by atoms with Crippen molar-refractivity contribution >= 4 is 11.4 Å². The number of para-hydroxylation sites is 2. The molecule has 0 fully saturated rings. The maximum Gasteiger partial charge on any atom is 0.277 e. The maximum absolute atomic E-state index is 11.5. The molecule has 7 nitrogen and oxygen atoms in total. The molecule has 0 saturated carbocycles. The number of nitro benzene ring substituents is 2. The first-order valence-corrected chi connectivity index (χ1v) is 10.2. The number of hydrogen-bond donors (Lipinski definition) is 0. The summed E-state index contributed by atoms with van der Waals surface area (Å²) in [4.78, 5) is 22.2. The quantitative estimate of drug-likeness (QED) is 0.232. The number of rotatable bonds is 6. The minimum absolute atomic E-state index is 0.0207. The Hall–Kier alpha value is -4.52. The number of nitrogens with zero attached hydrogens (tertiary/aromatic N) is 2. The molecule has 164 valence electrons. The second-order valence-corrected chi connectivity index (χ2v) is 7.51. The van der Waals surface area contributed by atoms with Crippen LogP contribution < -0.4 is 4.74 Å². The third kappa shape index (κ3) is 4.16. The van der Waals surface area contributed by atoms with Crippen molar-refractivity contribution < 1.29 is 14.6 Å². The molecule has 0 atom stereocenters. The van der Waals surface area contributed by atoms with E-state index in [1.807, 2.05) is 26.0 Å². The Morgan fingerprint density at radius 3 is 1.30 bits per heavy atom. The molecule has 0 aliphatic carbocycles. The van der Waals surface area contributed by atoms with E-state index in [2.05, 4.69) is 0 Å². The molecule has 0 radical (unpaired) electrons. The lowest BCUT2D eigenvalue weighted by molar-refractivity contribution is -0.384. The molecule has 0 aliphatic rings. The Morgan fingerprint density at radius 1 is 0.545 bits per heavy atom. The molecule has 7 heteroatoms. The minimum Gasteiger partial charge on any atom is -0.457 e. The molecule has 0 saturated heterocycles. The zero-order chi connectivity index (χ0) is 23.5. The molecule has 0 aromatic heterocycles. The first kappa shape index (κ1) is 21.7. The monoisotopic (exact) mass is 440 g/mol. The Kier molecular flexibility index (Phi) is 5.87. The van der Waals surface area contributed by atoms with Crippen LogP contribution in [-0.4, -0.2) is 9.85 Å². The molecule has 0 amide bonds. The van der Waals surface area contributed by atoms with Crippen molar-refractivity contribution in [2.24, 2.45) is 0 Å². The largest absolute Gasteiger partial charge is 0.457 e. The van der Waals surface area contributed by atoms with Gasteiger partial charge in [0, 0.05) is 12.1 Å². The van der Waals surface area contributed by atoms with Gasteiger partial charge in [-0.25, -0.2) is 0 Å². The smallest absolute Gasteiger partial charge is 0.277 e. The topological polar surface area (TPSA) is 95.5 Å². The van der Waals surface area contributed by atoms with Crippen LogP contribution in [0.1, 0.15) is 11.1 Å². The molecule has 0 spiro atoms. The lowest BCUT2D eigenvalue weighted by atomic mass is 9.97. The van der Waals surface area contributed by atoms with E-state index in [0.717, 1.165) is 11.1 Å². The van der Waals surface area contributed by atoms with Crippen LogP contribution in [0.15, 0.2) is 84.9 Å². The molecule has 4 aromatic carbocycles. The highest BCUT2D eigenvalue weighted by Gasteiger charge is 2.20. The number of hydrogen-bond acceptors (Lipinski definition) is 5. The van der Waals surface area contributed by atoms with Crippen LogP contribution in [-0.2, 0) is 0 Å². The average molecular weight is 440 g/mol. The van der Waals surface area contributed by atoms with Gasteiger partial charge in [0.1, 0.15) is 11.5 Å². The summed E-state index contributed by atoms with van der Waals surface area (Å²) in [5.74, 6) is 1.10. The maximum atomic E-state index is 11.5. The minimum atomic E-state index is -0.400. The predicted octanol–water partition coefficient (Wildman–Crippen LogP) is 7.25. The van der Waals surface area contributed by atoms with Gasteiger partial charge in [-0.1, -0.05) is 48.5 Å². The lowest BCUT2D eigenvalue weighted by Gasteiger charge is -2.16. The van der Waals surface area contributed by atoms with Gasteiger partial charge in [0.05, 0.1) is 21.0 Å². The van der Waals surface area contributed by atoms with Crippen molar-refractivity contribution in [3.05, 3.63) is 116 Å². The fourth-order valence-electron chi connectivity index (χ4n) is 3.87. The van der Waals surface area contributed by atoms with E-state index < -0.39 is 9.85 Å². The summed E-state index contributed by atoms with van der Waals surface area (Å²) in [5.41, 5.74) is 3.97. The Bertz CT molecular complexity index is 1280. The average Bonchev–Trinajstić information content (AvgIpc) is 2.81. The molecule has 0 N–H and O–H groups in total. The summed E-state index contributed by atoms with van der Waals surface area (Å²) < 4.78 is 6.23. The predicted molar refractivity (Wildman–Crippen MR) is 127 cm³/mol. The summed E-state index contributed by atoms with van der Waals surface area (Å²) in [5, 5.41) is 23.0. The van der Waals surface area contributed by atoms with Gasteiger partial charge in [0.15, 0.2) is 0 Å². The number of nitro groups is 2. The molecule has 0 bridgehead atoms. The van der Waals surface area contributed by atoms with Gasteiger partial charge in [-0.05, 0) is 60.4 Å². The van der Waals surface area contributed by atoms with E-state index in [1.54, 1.807) is 60.7 Å². The molecule has 4 aromatic rings. The zero-order valence-corrected chi connectivity index (χ0v) is 18.0. The van der Waals surface area contributed by atoms with Gasteiger partial charge in [-0.2, -0.15) is 0 Å². The van der Waals surface area contributed by atoms with Gasteiger partial charge < -0.3 is 4.74 Å². The molecular weight excluding hydrogens is 420 g/mol. The normalized spacial score (nSPS) is 10.6. The van der Waals surface area contributed by atoms with Crippen LogP contribution in [0.2, 0.25) is 0 Å². The Balaban J connectivity index is 1.77. The van der Waals surface area contributed by atoms with E-state index in [1.165, 1.54) is 12.1 Å². The van der Waals surface area contributed by atoms with Gasteiger partial charge >= 0.3 is 0 Å². The van der Waals surface area contributed by atoms with Crippen LogP contribution in [0.3, 0.4) is 0 Å². The van der Waals surface area contributed by atoms with Crippen LogP contribution >= 0.6 is 0 Å². The van der Waals surface area contributed by atoms with Crippen molar-refractivity contribution in [1.82, 2.24) is 0 Å². The van der Waals surface area contributed by atoms with Crippen LogP contribution in [0, 0.1) is 34.1 Å². The highest BCUT2D eigenvalue weighted by molar-refractivity contribution is 5.79. The molecule has 4 rings (SSSR count). The SMILES string of the molecule is Cc1c(Oc2cccc(-c3ccccc3[N+](=O)[O-])c2C)cccc1-c1ccccc1[N+](=O)[O-]. The van der Waals surface area contributed by atoms with Crippen LogP contribution in [0.5, 0.6) is 11.5 Å². The summed E-state index contributed by atoms with van der Waals surface area (Å²) in [6.45, 7) is 3.70. The summed E-state index contributed by atoms with van der Waals surface area (Å²) in [7, 11) is 0. The van der Waals surface area contributed by atoms with Gasteiger partial charge in [0.25, 0.3) is 11.4 Å². The van der Waals surface area contributed by atoms with Crippen molar-refractivity contribution in [2.75, 3.05) is 0 Å². The van der Waals surface area contributed by atoms with Crippen molar-refractivity contribution in [2.45, 2.75) is 13.8 Å². The van der Waals surface area contributed by atoms with E-state index in [-0.39, 0.29) is 11.4 Å². The summed E-state index contributed by atoms with van der Waals surface area (Å²) in [6, 6.07) is 24.0. The number of ether oxygens (including phenoxy) is 1. The van der Waals surface area contributed by atoms with E-state index in [0.29, 0.717) is 33.8 Å². The highest BCUT2D eigenvalue weighted by Crippen LogP contribution is 2.40. The molecule has 0 heterocycles. The molecule has 33 heavy (non-hydrogen) atoms. The first-order chi connectivity index (χ1) is 15.9. The van der Waals surface area contributed by atoms with Gasteiger partial charge in [-0.3, -0.25) is 20.2 Å². The fraction of sp³-hybridized carbons (Fsp3) is 0.0769. The summed E-state index contributed by atoms with van der Waals surface area (Å²) >= 11 is 0. The van der Waals surface area contributed by atoms with Gasteiger partial charge in [0.2, 0.25) is 0 Å². The van der Waals surface area contributed by atoms with E-state index in [4.69, 9.17) is 4.74 Å². The molecular formula is C26H20N2O5. The molecule has 0 aliphatic heterocycles. The third-order valence-electron chi connectivity index (χ3n) is 5.57. The standard InChI is InChI=1S/C26H20N2O5/c1-17-19(21-9-3-5-13-23(21)27(29)30)11-7-15-25(17)33-26-16-8-12-20(18(26)2)22-10-4-6-14-24(22)28(31)32/h3-16H,1-2H3.